The number of anilines is 2. The minimum Gasteiger partial charge on any atom is -0.435 e. The standard InChI is InChI=1S/C21H18FN5O2S/c1-2-3-10-30-20-24-18-17(26-27-20)13-6-4-5-7-15(13)25-21(29-18)14-11-12(22)8-9-16(14)23-19(21)28/h4-9,11,25H,2-3,10H2,1H3,(H,23,28)/t21-/m0/s1. The van der Waals surface area contributed by atoms with Crippen LogP contribution in [0.5, 0.6) is 5.88 Å². The van der Waals surface area contributed by atoms with Crippen molar-refractivity contribution in [2.45, 2.75) is 30.6 Å². The van der Waals surface area contributed by atoms with Gasteiger partial charge in [-0.15, -0.1) is 10.2 Å². The van der Waals surface area contributed by atoms with Crippen molar-refractivity contribution in [1.82, 2.24) is 15.2 Å². The Labute approximate surface area is 176 Å². The van der Waals surface area contributed by atoms with E-state index in [-0.39, 0.29) is 5.88 Å². The van der Waals surface area contributed by atoms with Crippen molar-refractivity contribution in [2.75, 3.05) is 16.4 Å². The van der Waals surface area contributed by atoms with Crippen LogP contribution in [0.15, 0.2) is 47.6 Å². The average molecular weight is 423 g/mol. The van der Waals surface area contributed by atoms with E-state index in [9.17, 15) is 9.18 Å². The molecule has 1 amide bonds. The molecule has 2 aliphatic rings. The lowest BCUT2D eigenvalue weighted by atomic mass is 10.0. The minimum atomic E-state index is -1.67. The van der Waals surface area contributed by atoms with Crippen LogP contribution in [0, 0.1) is 5.82 Å². The summed E-state index contributed by atoms with van der Waals surface area (Å²) >= 11 is 1.48. The monoisotopic (exact) mass is 423 g/mol. The van der Waals surface area contributed by atoms with Crippen LogP contribution in [0.1, 0.15) is 25.3 Å². The van der Waals surface area contributed by atoms with Gasteiger partial charge in [0.1, 0.15) is 5.82 Å². The molecule has 7 nitrogen and oxygen atoms in total. The number of para-hydroxylation sites is 1. The zero-order chi connectivity index (χ0) is 20.7. The molecule has 5 rings (SSSR count). The van der Waals surface area contributed by atoms with E-state index in [1.165, 1.54) is 30.0 Å². The second kappa shape index (κ2) is 7.24. The lowest BCUT2D eigenvalue weighted by molar-refractivity contribution is -0.128. The second-order valence-corrected chi connectivity index (χ2v) is 8.11. The number of nitrogens with one attached hydrogen (secondary N) is 2. The predicted octanol–water partition coefficient (Wildman–Crippen LogP) is 4.18. The van der Waals surface area contributed by atoms with Gasteiger partial charge in [0, 0.05) is 17.0 Å². The van der Waals surface area contributed by atoms with Gasteiger partial charge in [0.15, 0.2) is 5.69 Å². The molecule has 0 radical (unpaired) electrons. The molecule has 0 saturated heterocycles. The fourth-order valence-corrected chi connectivity index (χ4v) is 4.40. The number of rotatable bonds is 4. The van der Waals surface area contributed by atoms with Gasteiger partial charge in [-0.2, -0.15) is 4.98 Å². The van der Waals surface area contributed by atoms with Crippen molar-refractivity contribution in [3.8, 4) is 17.1 Å². The number of unbranched alkanes of at least 4 members (excludes halogenated alkanes) is 1. The summed E-state index contributed by atoms with van der Waals surface area (Å²) in [4.78, 5) is 17.6. The number of aromatic nitrogens is 3. The van der Waals surface area contributed by atoms with Gasteiger partial charge in [-0.3, -0.25) is 4.79 Å². The lowest BCUT2D eigenvalue weighted by Gasteiger charge is -2.28. The topological polar surface area (TPSA) is 89.0 Å². The third-order valence-electron chi connectivity index (χ3n) is 5.04. The van der Waals surface area contributed by atoms with Crippen molar-refractivity contribution in [1.29, 1.82) is 0 Å². The summed E-state index contributed by atoms with van der Waals surface area (Å²) in [6.45, 7) is 2.11. The average Bonchev–Trinajstić information content (AvgIpc) is 2.91. The molecule has 0 saturated carbocycles. The molecule has 2 aromatic carbocycles. The first-order valence-corrected chi connectivity index (χ1v) is 10.6. The molecule has 1 spiro atoms. The zero-order valence-corrected chi connectivity index (χ0v) is 16.9. The van der Waals surface area contributed by atoms with Gasteiger partial charge in [0.05, 0.1) is 11.3 Å². The van der Waals surface area contributed by atoms with Crippen LogP contribution in [0.25, 0.3) is 11.3 Å². The summed E-state index contributed by atoms with van der Waals surface area (Å²) in [5, 5.41) is 15.0. The molecule has 3 aromatic rings. The van der Waals surface area contributed by atoms with Gasteiger partial charge in [0.2, 0.25) is 11.0 Å². The number of amides is 1. The van der Waals surface area contributed by atoms with Crippen molar-refractivity contribution in [3.63, 3.8) is 0 Å². The summed E-state index contributed by atoms with van der Waals surface area (Å²) in [5.74, 6) is 0.105. The number of hydrogen-bond donors (Lipinski definition) is 2. The number of carbonyl (C=O) groups excluding carboxylic acids is 1. The van der Waals surface area contributed by atoms with Crippen LogP contribution >= 0.6 is 11.8 Å². The number of nitrogens with zero attached hydrogens (tertiary/aromatic N) is 3. The molecule has 152 valence electrons. The Morgan fingerprint density at radius 2 is 2.03 bits per heavy atom. The summed E-state index contributed by atoms with van der Waals surface area (Å²) in [5.41, 5.74) is 0.911. The number of carbonyl (C=O) groups is 1. The van der Waals surface area contributed by atoms with E-state index < -0.39 is 17.4 Å². The molecule has 3 heterocycles. The molecule has 2 N–H and O–H groups in total. The van der Waals surface area contributed by atoms with E-state index in [4.69, 9.17) is 4.74 Å². The number of thioether (sulfide) groups is 1. The lowest BCUT2D eigenvalue weighted by Crippen LogP contribution is -2.47. The highest BCUT2D eigenvalue weighted by Gasteiger charge is 2.52. The van der Waals surface area contributed by atoms with Crippen molar-refractivity contribution < 1.29 is 13.9 Å². The molecule has 1 atom stereocenters. The fourth-order valence-electron chi connectivity index (χ4n) is 3.54. The van der Waals surface area contributed by atoms with Crippen LogP contribution in [-0.2, 0) is 10.5 Å². The highest BCUT2D eigenvalue weighted by Crippen LogP contribution is 2.46. The highest BCUT2D eigenvalue weighted by molar-refractivity contribution is 7.99. The first-order chi connectivity index (χ1) is 14.6. The Morgan fingerprint density at radius 3 is 2.90 bits per heavy atom. The van der Waals surface area contributed by atoms with E-state index in [0.29, 0.717) is 33.4 Å². The second-order valence-electron chi connectivity index (χ2n) is 7.05. The van der Waals surface area contributed by atoms with E-state index in [0.717, 1.165) is 18.6 Å². The normalized spacial score (nSPS) is 18.5. The number of halogens is 1. The molecule has 0 aliphatic carbocycles. The first-order valence-electron chi connectivity index (χ1n) is 9.66. The zero-order valence-electron chi connectivity index (χ0n) is 16.1. The third-order valence-corrected chi connectivity index (χ3v) is 5.96. The van der Waals surface area contributed by atoms with Gasteiger partial charge >= 0.3 is 0 Å². The molecular formula is C21H18FN5O2S. The van der Waals surface area contributed by atoms with Crippen LogP contribution in [0.4, 0.5) is 15.8 Å². The summed E-state index contributed by atoms with van der Waals surface area (Å²) in [7, 11) is 0. The maximum atomic E-state index is 14.1. The quantitative estimate of drug-likeness (QED) is 0.481. The number of benzene rings is 2. The minimum absolute atomic E-state index is 0.175. The molecule has 0 unspecified atom stereocenters. The maximum absolute atomic E-state index is 14.1. The molecule has 2 aliphatic heterocycles. The van der Waals surface area contributed by atoms with Crippen LogP contribution in [0.3, 0.4) is 0 Å². The molecule has 9 heteroatoms. The Balaban J connectivity index is 1.67. The summed E-state index contributed by atoms with van der Waals surface area (Å²) in [6, 6.07) is 11.5. The molecule has 0 fully saturated rings. The first kappa shape index (κ1) is 18.8. The fraction of sp³-hybridized carbons (Fsp3) is 0.238. The van der Waals surface area contributed by atoms with Crippen molar-refractivity contribution >= 4 is 29.0 Å². The van der Waals surface area contributed by atoms with Gasteiger partial charge in [-0.05, 0) is 30.7 Å². The Hall–Kier alpha value is -3.20. The van der Waals surface area contributed by atoms with E-state index in [1.54, 1.807) is 0 Å². The van der Waals surface area contributed by atoms with Gasteiger partial charge in [-0.25, -0.2) is 4.39 Å². The van der Waals surface area contributed by atoms with Crippen LogP contribution in [0.2, 0.25) is 0 Å². The van der Waals surface area contributed by atoms with Gasteiger partial charge in [0.25, 0.3) is 11.6 Å². The van der Waals surface area contributed by atoms with E-state index >= 15 is 0 Å². The maximum Gasteiger partial charge on any atom is 0.295 e. The van der Waals surface area contributed by atoms with Gasteiger partial charge in [-0.1, -0.05) is 43.3 Å². The number of ether oxygens (including phenoxy) is 1. The molecule has 1 aromatic heterocycles. The van der Waals surface area contributed by atoms with Crippen LogP contribution < -0.4 is 15.4 Å². The smallest absolute Gasteiger partial charge is 0.295 e. The predicted molar refractivity (Wildman–Crippen MR) is 112 cm³/mol. The highest BCUT2D eigenvalue weighted by atomic mass is 32.2. The molecular weight excluding hydrogens is 405 g/mol. The largest absolute Gasteiger partial charge is 0.435 e. The number of fused-ring (bicyclic) bond motifs is 5. The molecule has 30 heavy (non-hydrogen) atoms. The summed E-state index contributed by atoms with van der Waals surface area (Å²) in [6.07, 6.45) is 2.08. The third kappa shape index (κ3) is 2.97. The van der Waals surface area contributed by atoms with Gasteiger partial charge < -0.3 is 15.4 Å². The molecule has 0 bridgehead atoms. The Bertz CT molecular complexity index is 1160. The summed E-state index contributed by atoms with van der Waals surface area (Å²) < 4.78 is 20.3. The Kier molecular flexibility index (Phi) is 4.54. The van der Waals surface area contributed by atoms with Crippen molar-refractivity contribution in [2.24, 2.45) is 0 Å². The Morgan fingerprint density at radius 1 is 1.17 bits per heavy atom. The van der Waals surface area contributed by atoms with E-state index in [2.05, 4.69) is 32.7 Å². The van der Waals surface area contributed by atoms with Crippen LogP contribution in [-0.4, -0.2) is 26.8 Å². The SMILES string of the molecule is CCCCSc1nnc2c(n1)O[C@]1(Nc3ccccc3-2)C(=O)Nc2ccc(F)cc21. The van der Waals surface area contributed by atoms with E-state index in [1.807, 2.05) is 24.3 Å². The number of hydrogen-bond acceptors (Lipinski definition) is 7. The van der Waals surface area contributed by atoms with Crippen molar-refractivity contribution in [3.05, 3.63) is 53.8 Å².